The van der Waals surface area contributed by atoms with Crippen LogP contribution in [-0.2, 0) is 9.59 Å². The number of pyridine rings is 1. The Hall–Kier alpha value is -7.27. The van der Waals surface area contributed by atoms with Crippen LogP contribution in [0.1, 0.15) is 101 Å². The Morgan fingerprint density at radius 3 is 2.45 bits per heavy atom. The van der Waals surface area contributed by atoms with Crippen molar-refractivity contribution in [3.8, 4) is 51.0 Å². The number of benzene rings is 2. The van der Waals surface area contributed by atoms with E-state index >= 15 is 0 Å². The number of piperazine rings is 1. The van der Waals surface area contributed by atoms with Crippen LogP contribution in [-0.4, -0.2) is 121 Å². The Labute approximate surface area is 458 Å². The number of ether oxygens (including phenoxy) is 2. The lowest BCUT2D eigenvalue weighted by molar-refractivity contribution is -0.160. The van der Waals surface area contributed by atoms with Crippen molar-refractivity contribution in [2.45, 2.75) is 127 Å². The number of phenols is 1. The van der Waals surface area contributed by atoms with Crippen LogP contribution in [0.25, 0.3) is 21.7 Å². The first-order chi connectivity index (χ1) is 37.7. The van der Waals surface area contributed by atoms with Gasteiger partial charge in [-0.1, -0.05) is 62.1 Å². The summed E-state index contributed by atoms with van der Waals surface area (Å²) in [4.78, 5) is 44.4. The fourth-order valence-electron chi connectivity index (χ4n) is 13.2. The third-order valence-electron chi connectivity index (χ3n) is 17.1. The number of likely N-dealkylation sites (tertiary alicyclic amines) is 1. The number of β-amino-alcohol motifs (C(OH)–C–C–N with tert-alkyl or cyclic N) is 1. The highest BCUT2D eigenvalue weighted by Gasteiger charge is 2.67. The molecule has 4 aromatic heterocycles. The van der Waals surface area contributed by atoms with Gasteiger partial charge in [0.1, 0.15) is 23.8 Å². The van der Waals surface area contributed by atoms with E-state index in [2.05, 4.69) is 69.7 Å². The van der Waals surface area contributed by atoms with Crippen LogP contribution in [0.2, 0.25) is 0 Å². The Bertz CT molecular complexity index is 3220. The van der Waals surface area contributed by atoms with Gasteiger partial charge in [-0.2, -0.15) is 0 Å². The zero-order valence-corrected chi connectivity index (χ0v) is 45.3. The van der Waals surface area contributed by atoms with Gasteiger partial charge in [-0.25, -0.2) is 9.97 Å². The number of nitrogens with zero attached hydrogens (tertiary/aromatic N) is 8. The van der Waals surface area contributed by atoms with E-state index in [0.717, 1.165) is 97.7 Å². The third-order valence-corrected chi connectivity index (χ3v) is 18.1. The van der Waals surface area contributed by atoms with Gasteiger partial charge < -0.3 is 55.3 Å². The van der Waals surface area contributed by atoms with Gasteiger partial charge in [-0.3, -0.25) is 9.59 Å². The Morgan fingerprint density at radius 2 is 1.72 bits per heavy atom. The van der Waals surface area contributed by atoms with Crippen LogP contribution in [0.3, 0.4) is 0 Å². The number of aromatic nitrogens is 5. The highest BCUT2D eigenvalue weighted by Crippen LogP contribution is 2.72. The summed E-state index contributed by atoms with van der Waals surface area (Å²) < 4.78 is 18.1. The first kappa shape index (κ1) is 51.5. The number of nitrogens with one attached hydrogen (secondary N) is 2. The number of nitrogens with two attached hydrogens (primary N) is 1. The molecule has 0 spiro atoms. The number of hydrogen-bond acceptors (Lipinski definition) is 17. The number of aromatic hydroxyl groups is 1. The Kier molecular flexibility index (Phi) is 13.8. The molecule has 406 valence electrons. The van der Waals surface area contributed by atoms with Crippen LogP contribution in [0.5, 0.6) is 17.5 Å². The number of carbonyl (C=O) groups is 2. The molecule has 7 heterocycles. The van der Waals surface area contributed by atoms with Gasteiger partial charge in [0.05, 0.1) is 39.6 Å². The maximum atomic E-state index is 14.2. The van der Waals surface area contributed by atoms with E-state index in [0.29, 0.717) is 52.3 Å². The van der Waals surface area contributed by atoms with Crippen molar-refractivity contribution in [2.24, 2.45) is 16.7 Å². The molecule has 7 aliphatic rings. The second kappa shape index (κ2) is 20.8. The second-order valence-corrected chi connectivity index (χ2v) is 23.9. The number of carbonyl (C=O) groups excluding carboxylic acids is 2. The lowest BCUT2D eigenvalue weighted by Crippen LogP contribution is -2.66. The molecule has 18 nitrogen and oxygen atoms in total. The van der Waals surface area contributed by atoms with Crippen LogP contribution in [0.4, 0.5) is 17.2 Å². The van der Waals surface area contributed by atoms with Gasteiger partial charge in [0.2, 0.25) is 17.7 Å². The molecule has 13 rings (SSSR count). The maximum Gasteiger partial charge on any atom is 0.255 e. The van der Waals surface area contributed by atoms with Gasteiger partial charge in [0, 0.05) is 85.7 Å². The van der Waals surface area contributed by atoms with Crippen LogP contribution in [0.15, 0.2) is 89.0 Å². The fraction of sp³-hybridized carbons (Fsp3) is 0.475. The fourth-order valence-corrected chi connectivity index (χ4v) is 14.0. The number of fused-ring (bicyclic) bond motifs is 2. The van der Waals surface area contributed by atoms with Crippen LogP contribution >= 0.6 is 11.3 Å². The van der Waals surface area contributed by atoms with Gasteiger partial charge in [0.15, 0.2) is 18.2 Å². The molecule has 0 radical (unpaired) electrons. The molecule has 3 aliphatic heterocycles. The Morgan fingerprint density at radius 1 is 0.949 bits per heavy atom. The number of rotatable bonds is 17. The molecule has 6 aromatic rings. The minimum atomic E-state index is -0.834. The smallest absolute Gasteiger partial charge is 0.255 e. The summed E-state index contributed by atoms with van der Waals surface area (Å²) in [6.07, 6.45) is 8.54. The maximum absolute atomic E-state index is 14.2. The standard InChI is InChI=1S/C59H67N11O7S/c1-34(2)53(57(74)69-28-43(71)23-48(69)56(73)64-35(3)37-10-12-38(13-11-37)54-36(4)63-33-78-54)50-25-52(67-77-50)75-19-7-17-58-29-59(30-58,31-58)32-62-39-20-44(21-39)76-51-22-40(16-18-61-51)70-41-14-15-42(70)27-68(26-41)47-24-46(65-66-55(47)60)45-8-5-6-9-49(45)72/h5-6,8-13,16,18,22,24-25,33-35,39,41-44,48,53,62,71-72H,14-15,19-21,23,26-32H2,1-4H3,(H2,60,66)(H,64,73)/t35-,39?,41+,42?,43+,44?,48-,53+,58?,59?/m0/s1. The molecule has 78 heavy (non-hydrogen) atoms. The number of para-hydroxylation sites is 1. The molecule has 4 aliphatic carbocycles. The van der Waals surface area contributed by atoms with Crippen molar-refractivity contribution >= 4 is 40.3 Å². The number of phenolic OH excluding ortho intramolecular Hbond substituents is 1. The summed E-state index contributed by atoms with van der Waals surface area (Å²) in [5.74, 6) is 6.97. The van der Waals surface area contributed by atoms with Crippen molar-refractivity contribution in [3.63, 3.8) is 0 Å². The van der Waals surface area contributed by atoms with E-state index in [1.165, 1.54) is 4.90 Å². The number of aliphatic hydroxyl groups excluding tert-OH is 1. The molecule has 2 amide bonds. The molecule has 19 heteroatoms. The predicted molar refractivity (Wildman–Crippen MR) is 296 cm³/mol. The summed E-state index contributed by atoms with van der Waals surface area (Å²) >= 11 is 1.59. The first-order valence-electron chi connectivity index (χ1n) is 27.4. The van der Waals surface area contributed by atoms with Crippen molar-refractivity contribution in [3.05, 3.63) is 102 Å². The number of hydrogen-bond donors (Lipinski definition) is 5. The zero-order chi connectivity index (χ0) is 53.9. The van der Waals surface area contributed by atoms with Gasteiger partial charge in [0.25, 0.3) is 5.88 Å². The minimum absolute atomic E-state index is 0.0381. The van der Waals surface area contributed by atoms with Crippen molar-refractivity contribution in [2.75, 3.05) is 48.3 Å². The van der Waals surface area contributed by atoms with E-state index in [-0.39, 0.29) is 66.5 Å². The molecular weight excluding hydrogens is 1010 g/mol. The second-order valence-electron chi connectivity index (χ2n) is 23.1. The molecule has 4 saturated carbocycles. The molecule has 2 aromatic carbocycles. The molecular formula is C59H67N11O7S. The number of anilines is 3. The average Bonchev–Trinajstić information content (AvgIpc) is 2.70. The summed E-state index contributed by atoms with van der Waals surface area (Å²) in [6, 6.07) is 22.8. The molecule has 3 saturated heterocycles. The first-order valence-corrected chi connectivity index (χ1v) is 28.3. The molecule has 6 N–H and O–H groups in total. The number of aliphatic hydroxyl groups is 1. The monoisotopic (exact) mass is 1070 g/mol. The highest BCUT2D eigenvalue weighted by atomic mass is 32.1. The van der Waals surface area contributed by atoms with Crippen LogP contribution in [0, 0.1) is 35.5 Å². The van der Waals surface area contributed by atoms with E-state index in [1.807, 2.05) is 81.9 Å². The van der Waals surface area contributed by atoms with Crippen molar-refractivity contribution in [1.82, 2.24) is 40.9 Å². The van der Waals surface area contributed by atoms with Gasteiger partial charge >= 0.3 is 0 Å². The minimum Gasteiger partial charge on any atom is -0.507 e. The summed E-state index contributed by atoms with van der Waals surface area (Å²) in [7, 11) is 0. The molecule has 1 unspecified atom stereocenters. The molecule has 7 fully saturated rings. The third kappa shape index (κ3) is 10.1. The molecule has 6 atom stereocenters. The quantitative estimate of drug-likeness (QED) is 0.0559. The highest BCUT2D eigenvalue weighted by molar-refractivity contribution is 7.13. The lowest BCUT2D eigenvalue weighted by atomic mass is 9.35. The van der Waals surface area contributed by atoms with E-state index in [4.69, 9.17) is 19.7 Å². The van der Waals surface area contributed by atoms with Crippen LogP contribution < -0.4 is 35.6 Å². The average molecular weight is 1070 g/mol. The summed E-state index contributed by atoms with van der Waals surface area (Å²) in [6.45, 7) is 10.5. The number of nitrogen functional groups attached to an aromatic ring is 1. The van der Waals surface area contributed by atoms with Crippen molar-refractivity contribution < 1.29 is 33.8 Å². The molecule has 4 bridgehead atoms. The normalized spacial score (nSPS) is 26.5. The number of thiazole rings is 1. The zero-order valence-electron chi connectivity index (χ0n) is 44.5. The largest absolute Gasteiger partial charge is 0.507 e. The number of amides is 2. The van der Waals surface area contributed by atoms with E-state index < -0.39 is 18.1 Å². The van der Waals surface area contributed by atoms with E-state index in [1.54, 1.807) is 29.5 Å². The predicted octanol–water partition coefficient (Wildman–Crippen LogP) is 7.43. The summed E-state index contributed by atoms with van der Waals surface area (Å²) in [5, 5.41) is 40.8. The lowest BCUT2D eigenvalue weighted by Gasteiger charge is -2.69. The summed E-state index contributed by atoms with van der Waals surface area (Å²) in [5.41, 5.74) is 14.7. The Balaban J connectivity index is 0.572. The SMILES string of the molecule is Cc1ncsc1-c1ccc([C@H](C)NC(=O)[C@@H]2C[C@@H](O)CN2C(=O)[C@@H](c2cc(OCC#CC34CC(CNC5CC(Oc6cc(N7C8CC[C@@H]7CN(c7cc(-c9ccccc9O)nnc7N)C8)ccn6)C5)(C3)C4)no2)C(C)C)cc1. The topological polar surface area (TPSA) is 230 Å². The van der Waals surface area contributed by atoms with Gasteiger partial charge in [-0.15, -0.1) is 21.5 Å². The van der Waals surface area contributed by atoms with Gasteiger partial charge in [-0.05, 0) is 111 Å². The number of aryl methyl sites for hydroxylation is 1. The van der Waals surface area contributed by atoms with E-state index in [9.17, 15) is 19.8 Å². The van der Waals surface area contributed by atoms with Crippen molar-refractivity contribution in [1.29, 1.82) is 0 Å².